The summed E-state index contributed by atoms with van der Waals surface area (Å²) in [5, 5.41) is 7.47. The van der Waals surface area contributed by atoms with E-state index in [0.717, 1.165) is 16.8 Å². The zero-order valence-corrected chi connectivity index (χ0v) is 7.16. The summed E-state index contributed by atoms with van der Waals surface area (Å²) in [6.07, 6.45) is 4.70. The maximum atomic E-state index is 5.19. The summed E-state index contributed by atoms with van der Waals surface area (Å²) in [7, 11) is 0. The molecule has 3 aromatic rings. The smallest absolute Gasteiger partial charge is 0.181 e. The molecule has 5 heteroatoms. The van der Waals surface area contributed by atoms with Crippen molar-refractivity contribution >= 4 is 11.1 Å². The molecule has 5 nitrogen and oxygen atoms in total. The van der Waals surface area contributed by atoms with Gasteiger partial charge in [0, 0.05) is 6.07 Å². The Kier molecular flexibility index (Phi) is 1.38. The van der Waals surface area contributed by atoms with E-state index in [-0.39, 0.29) is 0 Å². The summed E-state index contributed by atoms with van der Waals surface area (Å²) in [6, 6.07) is 5.73. The highest BCUT2D eigenvalue weighted by atomic mass is 16.3. The van der Waals surface area contributed by atoms with Gasteiger partial charge >= 0.3 is 0 Å². The second-order valence-electron chi connectivity index (χ2n) is 2.87. The van der Waals surface area contributed by atoms with Crippen molar-refractivity contribution in [1.29, 1.82) is 0 Å². The van der Waals surface area contributed by atoms with Crippen molar-refractivity contribution in [3.05, 3.63) is 37.2 Å². The molecule has 0 amide bonds. The fraction of sp³-hybridized carbons (Fsp3) is 0. The third-order valence-corrected chi connectivity index (χ3v) is 2.03. The Morgan fingerprint density at radius 1 is 1.14 bits per heavy atom. The van der Waals surface area contributed by atoms with Gasteiger partial charge in [-0.2, -0.15) is 0 Å². The molecule has 0 spiro atoms. The molecule has 0 radical (unpaired) electrons. The second kappa shape index (κ2) is 2.66. The molecule has 2 heterocycles. The van der Waals surface area contributed by atoms with Crippen LogP contribution in [0.3, 0.4) is 0 Å². The van der Waals surface area contributed by atoms with Crippen molar-refractivity contribution < 1.29 is 4.42 Å². The van der Waals surface area contributed by atoms with Gasteiger partial charge in [0.05, 0.1) is 5.69 Å². The Labute approximate surface area is 79.0 Å². The number of nitrogens with zero attached hydrogens (tertiary/aromatic N) is 4. The minimum absolute atomic E-state index is 0.760. The van der Waals surface area contributed by atoms with Crippen LogP contribution in [-0.4, -0.2) is 19.7 Å². The van der Waals surface area contributed by atoms with Gasteiger partial charge in [0.25, 0.3) is 0 Å². The molecule has 1 aromatic carbocycles. The van der Waals surface area contributed by atoms with Crippen molar-refractivity contribution in [3.8, 4) is 5.69 Å². The quantitative estimate of drug-likeness (QED) is 0.576. The Hall–Kier alpha value is -2.17. The number of rotatable bonds is 1. The lowest BCUT2D eigenvalue weighted by Gasteiger charge is -1.98. The SMILES string of the molecule is c1nc2ccc(-n3cnnc3)cc2o1. The first-order chi connectivity index (χ1) is 6.93. The van der Waals surface area contributed by atoms with Crippen LogP contribution in [0.4, 0.5) is 0 Å². The molecule has 0 N–H and O–H groups in total. The Bertz CT molecular complexity index is 555. The van der Waals surface area contributed by atoms with Crippen molar-refractivity contribution in [2.24, 2.45) is 0 Å². The largest absolute Gasteiger partial charge is 0.443 e. The maximum absolute atomic E-state index is 5.19. The van der Waals surface area contributed by atoms with Gasteiger partial charge in [-0.3, -0.25) is 4.57 Å². The van der Waals surface area contributed by atoms with Gasteiger partial charge < -0.3 is 4.42 Å². The number of benzene rings is 1. The van der Waals surface area contributed by atoms with Crippen molar-refractivity contribution in [1.82, 2.24) is 19.7 Å². The van der Waals surface area contributed by atoms with Gasteiger partial charge in [-0.05, 0) is 12.1 Å². The summed E-state index contributed by atoms with van der Waals surface area (Å²) in [4.78, 5) is 4.03. The lowest BCUT2D eigenvalue weighted by atomic mass is 10.3. The van der Waals surface area contributed by atoms with Crippen molar-refractivity contribution in [2.75, 3.05) is 0 Å². The van der Waals surface area contributed by atoms with Crippen molar-refractivity contribution in [3.63, 3.8) is 0 Å². The molecule has 14 heavy (non-hydrogen) atoms. The molecule has 0 saturated carbocycles. The third-order valence-electron chi connectivity index (χ3n) is 2.03. The lowest BCUT2D eigenvalue weighted by molar-refractivity contribution is 0.602. The molecule has 0 fully saturated rings. The number of oxazole rings is 1. The molecule has 0 unspecified atom stereocenters. The van der Waals surface area contributed by atoms with Crippen LogP contribution in [0.15, 0.2) is 41.7 Å². The van der Waals surface area contributed by atoms with E-state index in [4.69, 9.17) is 4.42 Å². The zero-order chi connectivity index (χ0) is 9.38. The molecule has 0 saturated heterocycles. The van der Waals surface area contributed by atoms with Gasteiger partial charge in [-0.25, -0.2) is 4.98 Å². The third kappa shape index (κ3) is 0.990. The molecule has 2 aromatic heterocycles. The summed E-state index contributed by atoms with van der Waals surface area (Å²) < 4.78 is 7.00. The molecule has 0 aliphatic heterocycles. The summed E-state index contributed by atoms with van der Waals surface area (Å²) in [6.45, 7) is 0. The van der Waals surface area contributed by atoms with Gasteiger partial charge in [-0.15, -0.1) is 10.2 Å². The molecule has 3 rings (SSSR count). The van der Waals surface area contributed by atoms with E-state index in [0.29, 0.717) is 0 Å². The number of hydrogen-bond acceptors (Lipinski definition) is 4. The first-order valence-electron chi connectivity index (χ1n) is 4.12. The molecule has 68 valence electrons. The maximum Gasteiger partial charge on any atom is 0.181 e. The van der Waals surface area contributed by atoms with Gasteiger partial charge in [-0.1, -0.05) is 0 Å². The molecule has 0 bridgehead atoms. The first-order valence-corrected chi connectivity index (χ1v) is 4.12. The molecule has 0 atom stereocenters. The van der Waals surface area contributed by atoms with E-state index in [1.165, 1.54) is 6.39 Å². The highest BCUT2D eigenvalue weighted by Crippen LogP contribution is 2.16. The number of aromatic nitrogens is 4. The summed E-state index contributed by atoms with van der Waals surface area (Å²) in [5.41, 5.74) is 2.57. The highest BCUT2D eigenvalue weighted by Gasteiger charge is 2.01. The van der Waals surface area contributed by atoms with Crippen LogP contribution in [0, 0.1) is 0 Å². The number of fused-ring (bicyclic) bond motifs is 1. The monoisotopic (exact) mass is 186 g/mol. The molecule has 0 aliphatic rings. The van der Waals surface area contributed by atoms with E-state index in [1.807, 2.05) is 22.8 Å². The second-order valence-corrected chi connectivity index (χ2v) is 2.87. The lowest BCUT2D eigenvalue weighted by Crippen LogP contribution is -1.88. The van der Waals surface area contributed by atoms with E-state index in [2.05, 4.69) is 15.2 Å². The van der Waals surface area contributed by atoms with Gasteiger partial charge in [0.1, 0.15) is 18.2 Å². The van der Waals surface area contributed by atoms with Crippen LogP contribution in [0.25, 0.3) is 16.8 Å². The molecule has 0 aliphatic carbocycles. The minimum atomic E-state index is 0.760. The van der Waals surface area contributed by atoms with Crippen LogP contribution in [0.1, 0.15) is 0 Å². The van der Waals surface area contributed by atoms with Crippen LogP contribution in [-0.2, 0) is 0 Å². The number of hydrogen-bond donors (Lipinski definition) is 0. The molecular weight excluding hydrogens is 180 g/mol. The average Bonchev–Trinajstić information content (AvgIpc) is 2.88. The predicted molar refractivity (Wildman–Crippen MR) is 48.9 cm³/mol. The van der Waals surface area contributed by atoms with Crippen LogP contribution < -0.4 is 0 Å². The topological polar surface area (TPSA) is 56.7 Å². The Morgan fingerprint density at radius 2 is 2.00 bits per heavy atom. The summed E-state index contributed by atoms with van der Waals surface area (Å²) >= 11 is 0. The van der Waals surface area contributed by atoms with E-state index in [9.17, 15) is 0 Å². The minimum Gasteiger partial charge on any atom is -0.443 e. The first kappa shape index (κ1) is 7.25. The van der Waals surface area contributed by atoms with Gasteiger partial charge in [0.15, 0.2) is 12.0 Å². The highest BCUT2D eigenvalue weighted by molar-refractivity contribution is 5.74. The van der Waals surface area contributed by atoms with E-state index in [1.54, 1.807) is 12.7 Å². The van der Waals surface area contributed by atoms with Crippen LogP contribution >= 0.6 is 0 Å². The van der Waals surface area contributed by atoms with E-state index < -0.39 is 0 Å². The van der Waals surface area contributed by atoms with Gasteiger partial charge in [0.2, 0.25) is 0 Å². The summed E-state index contributed by atoms with van der Waals surface area (Å²) in [5.74, 6) is 0. The van der Waals surface area contributed by atoms with E-state index >= 15 is 0 Å². The Balaban J connectivity index is 2.23. The average molecular weight is 186 g/mol. The molecular formula is C9H6N4O. The van der Waals surface area contributed by atoms with Crippen LogP contribution in [0.5, 0.6) is 0 Å². The normalized spacial score (nSPS) is 10.9. The zero-order valence-electron chi connectivity index (χ0n) is 7.16. The predicted octanol–water partition coefficient (Wildman–Crippen LogP) is 1.41. The Morgan fingerprint density at radius 3 is 2.86 bits per heavy atom. The van der Waals surface area contributed by atoms with Crippen molar-refractivity contribution in [2.45, 2.75) is 0 Å². The fourth-order valence-electron chi connectivity index (χ4n) is 1.34. The van der Waals surface area contributed by atoms with Crippen LogP contribution in [0.2, 0.25) is 0 Å². The standard InChI is InChI=1S/C9H6N4O/c1-2-8-9(14-6-10-8)3-7(1)13-4-11-12-5-13/h1-6H. The fourth-order valence-corrected chi connectivity index (χ4v) is 1.34.